The van der Waals surface area contributed by atoms with Gasteiger partial charge in [0.15, 0.2) is 0 Å². The van der Waals surface area contributed by atoms with Crippen molar-refractivity contribution in [1.82, 2.24) is 14.5 Å². The Morgan fingerprint density at radius 1 is 1.17 bits per heavy atom. The molecular weight excluding hydrogens is 366 g/mol. The Bertz CT molecular complexity index is 948. The Hall–Kier alpha value is -2.21. The van der Waals surface area contributed by atoms with E-state index in [9.17, 15) is 14.7 Å². The average molecular weight is 398 g/mol. The number of nitrogens with zero attached hydrogens (tertiary/aromatic N) is 3. The first-order valence-electron chi connectivity index (χ1n) is 11.0. The summed E-state index contributed by atoms with van der Waals surface area (Å²) in [5, 5.41) is 9.48. The number of rotatable bonds is 5. The lowest BCUT2D eigenvalue weighted by atomic mass is 9.92. The van der Waals surface area contributed by atoms with Gasteiger partial charge in [-0.05, 0) is 58.1 Å². The van der Waals surface area contributed by atoms with Crippen LogP contribution in [0.15, 0.2) is 29.1 Å². The van der Waals surface area contributed by atoms with Crippen LogP contribution < -0.4 is 5.56 Å². The number of carbonyl (C=O) groups is 1. The van der Waals surface area contributed by atoms with Crippen LogP contribution in [0, 0.1) is 0 Å². The Morgan fingerprint density at radius 2 is 1.90 bits per heavy atom. The van der Waals surface area contributed by atoms with Gasteiger partial charge in [0.05, 0.1) is 11.0 Å². The van der Waals surface area contributed by atoms with Crippen LogP contribution in [0.1, 0.15) is 81.7 Å². The van der Waals surface area contributed by atoms with Crippen molar-refractivity contribution in [3.63, 3.8) is 0 Å². The highest BCUT2D eigenvalue weighted by Crippen LogP contribution is 2.36. The van der Waals surface area contributed by atoms with E-state index in [0.717, 1.165) is 12.8 Å². The van der Waals surface area contributed by atoms with E-state index in [1.807, 2.05) is 25.1 Å². The number of fused-ring (bicyclic) bond motifs is 1. The molecule has 3 atom stereocenters. The van der Waals surface area contributed by atoms with Crippen LogP contribution in [-0.4, -0.2) is 43.7 Å². The first kappa shape index (κ1) is 20.1. The number of aromatic carboxylic acids is 1. The molecule has 1 saturated carbocycles. The van der Waals surface area contributed by atoms with E-state index in [4.69, 9.17) is 0 Å². The summed E-state index contributed by atoms with van der Waals surface area (Å²) >= 11 is 0. The predicted octanol–water partition coefficient (Wildman–Crippen LogP) is 4.23. The standard InChI is InChI=1S/C23H31N3O3/c1-15-12-13-18(25(15)17-8-4-3-5-9-17)14-16(2)26-20-11-7-6-10-19(20)24-21(22(26)27)23(28)29/h6-7,10-11,15-18H,3-5,8-9,12-14H2,1-2H3,(H,28,29). The SMILES string of the molecule is CC1CCC(CC(C)n2c(=O)c(C(=O)O)nc3ccccc32)N1C1CCCCC1. The molecule has 1 aliphatic carbocycles. The summed E-state index contributed by atoms with van der Waals surface area (Å²) in [5.41, 5.74) is 0.379. The fraction of sp³-hybridized carbons (Fsp3) is 0.609. The van der Waals surface area contributed by atoms with Gasteiger partial charge < -0.3 is 9.67 Å². The van der Waals surface area contributed by atoms with E-state index in [2.05, 4.69) is 16.8 Å². The molecule has 3 unspecified atom stereocenters. The van der Waals surface area contributed by atoms with Crippen molar-refractivity contribution in [2.45, 2.75) is 89.4 Å². The molecule has 6 nitrogen and oxygen atoms in total. The van der Waals surface area contributed by atoms with Crippen LogP contribution in [0.5, 0.6) is 0 Å². The highest BCUT2D eigenvalue weighted by atomic mass is 16.4. The Labute approximate surface area is 171 Å². The molecule has 29 heavy (non-hydrogen) atoms. The van der Waals surface area contributed by atoms with Crippen molar-refractivity contribution >= 4 is 17.0 Å². The second-order valence-corrected chi connectivity index (χ2v) is 8.83. The fourth-order valence-corrected chi connectivity index (χ4v) is 5.60. The molecule has 156 valence electrons. The molecule has 0 bridgehead atoms. The fourth-order valence-electron chi connectivity index (χ4n) is 5.60. The van der Waals surface area contributed by atoms with Crippen LogP contribution in [-0.2, 0) is 0 Å². The summed E-state index contributed by atoms with van der Waals surface area (Å²) in [4.78, 5) is 31.4. The summed E-state index contributed by atoms with van der Waals surface area (Å²) < 4.78 is 1.66. The van der Waals surface area contributed by atoms with Crippen LogP contribution in [0.3, 0.4) is 0 Å². The van der Waals surface area contributed by atoms with E-state index >= 15 is 0 Å². The molecule has 1 saturated heterocycles. The Kier molecular flexibility index (Phi) is 5.72. The molecule has 4 rings (SSSR count). The molecular formula is C23H31N3O3. The molecule has 2 aromatic rings. The first-order valence-corrected chi connectivity index (χ1v) is 11.0. The monoisotopic (exact) mass is 397 g/mol. The maximum Gasteiger partial charge on any atom is 0.360 e. The van der Waals surface area contributed by atoms with Gasteiger partial charge in [-0.3, -0.25) is 9.69 Å². The van der Waals surface area contributed by atoms with E-state index < -0.39 is 11.5 Å². The van der Waals surface area contributed by atoms with Gasteiger partial charge in [-0.2, -0.15) is 0 Å². The number of benzene rings is 1. The molecule has 2 heterocycles. The minimum atomic E-state index is -1.26. The van der Waals surface area contributed by atoms with E-state index in [1.54, 1.807) is 10.6 Å². The van der Waals surface area contributed by atoms with Crippen LogP contribution in [0.25, 0.3) is 11.0 Å². The second kappa shape index (κ2) is 8.27. The highest BCUT2D eigenvalue weighted by molar-refractivity contribution is 5.88. The summed E-state index contributed by atoms with van der Waals surface area (Å²) in [7, 11) is 0. The quantitative estimate of drug-likeness (QED) is 0.817. The normalized spacial score (nSPS) is 24.8. The molecule has 0 radical (unpaired) electrons. The molecule has 0 spiro atoms. The third kappa shape index (κ3) is 3.82. The Morgan fingerprint density at radius 3 is 2.62 bits per heavy atom. The lowest BCUT2D eigenvalue weighted by molar-refractivity contribution is 0.0687. The van der Waals surface area contributed by atoms with Gasteiger partial charge in [-0.15, -0.1) is 0 Å². The molecule has 6 heteroatoms. The second-order valence-electron chi connectivity index (χ2n) is 8.83. The van der Waals surface area contributed by atoms with Gasteiger partial charge in [-0.1, -0.05) is 31.4 Å². The minimum absolute atomic E-state index is 0.0881. The summed E-state index contributed by atoms with van der Waals surface area (Å²) in [6.45, 7) is 4.37. The van der Waals surface area contributed by atoms with E-state index in [1.165, 1.54) is 38.5 Å². The minimum Gasteiger partial charge on any atom is -0.476 e. The predicted molar refractivity (Wildman–Crippen MR) is 113 cm³/mol. The largest absolute Gasteiger partial charge is 0.476 e. The smallest absolute Gasteiger partial charge is 0.360 e. The van der Waals surface area contributed by atoms with Crippen molar-refractivity contribution in [2.75, 3.05) is 0 Å². The van der Waals surface area contributed by atoms with Gasteiger partial charge >= 0.3 is 5.97 Å². The molecule has 1 aromatic heterocycles. The Balaban J connectivity index is 1.66. The van der Waals surface area contributed by atoms with Crippen molar-refractivity contribution < 1.29 is 9.90 Å². The van der Waals surface area contributed by atoms with Crippen molar-refractivity contribution in [3.05, 3.63) is 40.3 Å². The number of hydrogen-bond donors (Lipinski definition) is 1. The number of carboxylic acids is 1. The van der Waals surface area contributed by atoms with Gasteiger partial charge in [0, 0.05) is 24.2 Å². The third-order valence-corrected chi connectivity index (χ3v) is 6.90. The highest BCUT2D eigenvalue weighted by Gasteiger charge is 2.37. The zero-order valence-corrected chi connectivity index (χ0v) is 17.4. The third-order valence-electron chi connectivity index (χ3n) is 6.90. The summed E-state index contributed by atoms with van der Waals surface area (Å²) in [6, 6.07) is 8.92. The number of likely N-dealkylation sites (tertiary alicyclic amines) is 1. The van der Waals surface area contributed by atoms with E-state index in [-0.39, 0.29) is 11.7 Å². The maximum absolute atomic E-state index is 13.0. The molecule has 1 aliphatic heterocycles. The van der Waals surface area contributed by atoms with Gasteiger partial charge in [0.25, 0.3) is 5.56 Å². The number of para-hydroxylation sites is 2. The molecule has 1 N–H and O–H groups in total. The van der Waals surface area contributed by atoms with Crippen molar-refractivity contribution in [3.8, 4) is 0 Å². The zero-order chi connectivity index (χ0) is 20.5. The van der Waals surface area contributed by atoms with Crippen molar-refractivity contribution in [1.29, 1.82) is 0 Å². The molecule has 1 aromatic carbocycles. The molecule has 2 aliphatic rings. The van der Waals surface area contributed by atoms with Gasteiger partial charge in [-0.25, -0.2) is 9.78 Å². The van der Waals surface area contributed by atoms with Gasteiger partial charge in [0.2, 0.25) is 5.69 Å². The lowest BCUT2D eigenvalue weighted by Crippen LogP contribution is -2.45. The summed E-state index contributed by atoms with van der Waals surface area (Å²) in [6.07, 6.45) is 9.71. The number of aromatic nitrogens is 2. The molecule has 2 fully saturated rings. The maximum atomic E-state index is 13.0. The molecule has 0 amide bonds. The topological polar surface area (TPSA) is 75.4 Å². The lowest BCUT2D eigenvalue weighted by Gasteiger charge is -2.39. The zero-order valence-electron chi connectivity index (χ0n) is 17.4. The van der Waals surface area contributed by atoms with E-state index in [0.29, 0.717) is 29.2 Å². The number of carboxylic acid groups (broad SMARTS) is 1. The van der Waals surface area contributed by atoms with Crippen LogP contribution in [0.2, 0.25) is 0 Å². The summed E-state index contributed by atoms with van der Waals surface area (Å²) in [5.74, 6) is -1.26. The average Bonchev–Trinajstić information content (AvgIpc) is 3.07. The number of hydrogen-bond acceptors (Lipinski definition) is 4. The van der Waals surface area contributed by atoms with Crippen LogP contribution >= 0.6 is 0 Å². The van der Waals surface area contributed by atoms with Crippen LogP contribution in [0.4, 0.5) is 0 Å². The van der Waals surface area contributed by atoms with Crippen molar-refractivity contribution in [2.24, 2.45) is 0 Å². The van der Waals surface area contributed by atoms with Gasteiger partial charge in [0.1, 0.15) is 0 Å². The first-order chi connectivity index (χ1) is 14.0.